The summed E-state index contributed by atoms with van der Waals surface area (Å²) in [4.78, 5) is 7.93. The molecule has 2 aromatic rings. The molecule has 5 nitrogen and oxygen atoms in total. The van der Waals surface area contributed by atoms with E-state index < -0.39 is 0 Å². The van der Waals surface area contributed by atoms with E-state index >= 15 is 0 Å². The van der Waals surface area contributed by atoms with Gasteiger partial charge in [0.25, 0.3) is 0 Å². The highest BCUT2D eigenvalue weighted by Gasteiger charge is 2.07. The lowest BCUT2D eigenvalue weighted by Gasteiger charge is -1.92. The fourth-order valence-corrected chi connectivity index (χ4v) is 1.89. The molecule has 2 aromatic heterocycles. The minimum atomic E-state index is 0.233. The van der Waals surface area contributed by atoms with Crippen LogP contribution in [0.15, 0.2) is 16.3 Å². The van der Waals surface area contributed by atoms with Crippen LogP contribution in [0.1, 0.15) is 0 Å². The Morgan fingerprint density at radius 2 is 2.42 bits per heavy atom. The second kappa shape index (κ2) is 2.83. The standard InChI is InChI=1S/C5H4BrN5S/c6-3-9-4(7)10-11(3)5-8-1-2-12-5/h1-2H,(H2,7,10). The van der Waals surface area contributed by atoms with Crippen LogP contribution in [0, 0.1) is 0 Å². The fourth-order valence-electron chi connectivity index (χ4n) is 0.750. The van der Waals surface area contributed by atoms with Crippen LogP contribution in [0.25, 0.3) is 5.13 Å². The van der Waals surface area contributed by atoms with Crippen LogP contribution in [0.3, 0.4) is 0 Å². The van der Waals surface area contributed by atoms with Crippen molar-refractivity contribution in [2.45, 2.75) is 0 Å². The molecule has 0 aromatic carbocycles. The van der Waals surface area contributed by atoms with Crippen LogP contribution in [0.2, 0.25) is 0 Å². The third-order valence-electron chi connectivity index (χ3n) is 1.18. The molecule has 7 heteroatoms. The summed E-state index contributed by atoms with van der Waals surface area (Å²) in [7, 11) is 0. The maximum absolute atomic E-state index is 5.39. The van der Waals surface area contributed by atoms with Gasteiger partial charge in [-0.05, 0) is 15.9 Å². The number of hydrogen-bond donors (Lipinski definition) is 1. The molecule has 0 amide bonds. The number of halogens is 1. The van der Waals surface area contributed by atoms with E-state index in [9.17, 15) is 0 Å². The van der Waals surface area contributed by atoms with E-state index in [4.69, 9.17) is 5.73 Å². The molecule has 62 valence electrons. The van der Waals surface area contributed by atoms with Gasteiger partial charge in [0.2, 0.25) is 15.8 Å². The predicted octanol–water partition coefficient (Wildman–Crippen LogP) is 1.07. The molecule has 0 bridgehead atoms. The van der Waals surface area contributed by atoms with Gasteiger partial charge in [-0.15, -0.1) is 16.4 Å². The molecule has 2 heterocycles. The minimum absolute atomic E-state index is 0.233. The molecule has 0 radical (unpaired) electrons. The molecule has 0 spiro atoms. The molecule has 0 unspecified atom stereocenters. The zero-order valence-electron chi connectivity index (χ0n) is 5.81. The lowest BCUT2D eigenvalue weighted by molar-refractivity contribution is 0.849. The van der Waals surface area contributed by atoms with Crippen LogP contribution in [0.5, 0.6) is 0 Å². The molecular formula is C5H4BrN5S. The molecule has 0 saturated carbocycles. The van der Waals surface area contributed by atoms with Gasteiger partial charge in [-0.1, -0.05) is 0 Å². The van der Waals surface area contributed by atoms with E-state index in [-0.39, 0.29) is 5.95 Å². The van der Waals surface area contributed by atoms with Crippen molar-refractivity contribution < 1.29 is 0 Å². The van der Waals surface area contributed by atoms with Crippen LogP contribution >= 0.6 is 27.3 Å². The average molecular weight is 246 g/mol. The number of nitrogens with two attached hydrogens (primary N) is 1. The summed E-state index contributed by atoms with van der Waals surface area (Å²) in [6, 6.07) is 0. The van der Waals surface area contributed by atoms with E-state index in [1.807, 2.05) is 5.38 Å². The van der Waals surface area contributed by atoms with E-state index in [1.165, 1.54) is 11.3 Å². The van der Waals surface area contributed by atoms with Gasteiger partial charge in [0.05, 0.1) is 0 Å². The molecule has 0 atom stereocenters. The highest BCUT2D eigenvalue weighted by Crippen LogP contribution is 2.16. The second-order valence-corrected chi connectivity index (χ2v) is 3.55. The van der Waals surface area contributed by atoms with Crippen molar-refractivity contribution in [2.24, 2.45) is 0 Å². The van der Waals surface area contributed by atoms with Crippen molar-refractivity contribution >= 4 is 33.2 Å². The Morgan fingerprint density at radius 3 is 2.92 bits per heavy atom. The van der Waals surface area contributed by atoms with Gasteiger partial charge in [0.15, 0.2) is 0 Å². The molecule has 0 fully saturated rings. The monoisotopic (exact) mass is 245 g/mol. The van der Waals surface area contributed by atoms with Crippen molar-refractivity contribution in [3.05, 3.63) is 16.3 Å². The van der Waals surface area contributed by atoms with E-state index in [0.29, 0.717) is 4.73 Å². The second-order valence-electron chi connectivity index (χ2n) is 1.97. The molecular weight excluding hydrogens is 242 g/mol. The minimum Gasteiger partial charge on any atom is -0.366 e. The number of anilines is 1. The Hall–Kier alpha value is -0.950. The summed E-state index contributed by atoms with van der Waals surface area (Å²) in [6.07, 6.45) is 1.70. The Kier molecular flexibility index (Phi) is 1.81. The first-order chi connectivity index (χ1) is 5.77. The zero-order valence-corrected chi connectivity index (χ0v) is 8.21. The predicted molar refractivity (Wildman–Crippen MR) is 49.1 cm³/mol. The summed E-state index contributed by atoms with van der Waals surface area (Å²) in [5.74, 6) is 0.233. The molecule has 2 N–H and O–H groups in total. The van der Waals surface area contributed by atoms with Crippen molar-refractivity contribution in [2.75, 3.05) is 5.73 Å². The molecule has 2 rings (SSSR count). The van der Waals surface area contributed by atoms with Crippen molar-refractivity contribution in [1.82, 2.24) is 19.7 Å². The van der Waals surface area contributed by atoms with Crippen molar-refractivity contribution in [1.29, 1.82) is 0 Å². The highest BCUT2D eigenvalue weighted by atomic mass is 79.9. The highest BCUT2D eigenvalue weighted by molar-refractivity contribution is 9.10. The summed E-state index contributed by atoms with van der Waals surface area (Å²) in [5, 5.41) is 6.54. The Labute approximate surface area is 80.4 Å². The normalized spacial score (nSPS) is 10.4. The van der Waals surface area contributed by atoms with Gasteiger partial charge in [-0.2, -0.15) is 9.67 Å². The van der Waals surface area contributed by atoms with E-state index in [0.717, 1.165) is 5.13 Å². The summed E-state index contributed by atoms with van der Waals surface area (Å²) in [5.41, 5.74) is 5.39. The van der Waals surface area contributed by atoms with Crippen molar-refractivity contribution in [3.63, 3.8) is 0 Å². The fraction of sp³-hybridized carbons (Fsp3) is 0. The smallest absolute Gasteiger partial charge is 0.241 e. The van der Waals surface area contributed by atoms with Crippen LogP contribution in [0.4, 0.5) is 5.95 Å². The summed E-state index contributed by atoms with van der Waals surface area (Å²) >= 11 is 4.68. The van der Waals surface area contributed by atoms with Gasteiger partial charge in [-0.3, -0.25) is 0 Å². The Bertz CT molecular complexity index is 380. The first kappa shape index (κ1) is 7.69. The Morgan fingerprint density at radius 1 is 1.58 bits per heavy atom. The maximum atomic E-state index is 5.39. The van der Waals surface area contributed by atoms with Gasteiger partial charge in [0.1, 0.15) is 0 Å². The largest absolute Gasteiger partial charge is 0.366 e. The van der Waals surface area contributed by atoms with Gasteiger partial charge in [0, 0.05) is 11.6 Å². The number of rotatable bonds is 1. The maximum Gasteiger partial charge on any atom is 0.241 e. The molecule has 12 heavy (non-hydrogen) atoms. The van der Waals surface area contributed by atoms with Gasteiger partial charge >= 0.3 is 0 Å². The van der Waals surface area contributed by atoms with Crippen molar-refractivity contribution in [3.8, 4) is 5.13 Å². The molecule has 0 saturated heterocycles. The van der Waals surface area contributed by atoms with Crippen LogP contribution in [-0.2, 0) is 0 Å². The first-order valence-corrected chi connectivity index (χ1v) is 4.72. The SMILES string of the molecule is Nc1nc(Br)n(-c2nccs2)n1. The lowest BCUT2D eigenvalue weighted by Crippen LogP contribution is -1.96. The average Bonchev–Trinajstić information content (AvgIpc) is 2.58. The third-order valence-corrected chi connectivity index (χ3v) is 2.44. The van der Waals surface area contributed by atoms with E-state index in [2.05, 4.69) is 31.0 Å². The van der Waals surface area contributed by atoms with Crippen LogP contribution < -0.4 is 5.73 Å². The lowest BCUT2D eigenvalue weighted by atomic mass is 11.0. The molecule has 0 aliphatic rings. The number of nitrogen functional groups attached to an aromatic ring is 1. The summed E-state index contributed by atoms with van der Waals surface area (Å²) < 4.78 is 2.11. The number of thiazole rings is 1. The Balaban J connectivity index is 2.54. The number of nitrogens with zero attached hydrogens (tertiary/aromatic N) is 4. The molecule has 0 aliphatic heterocycles. The molecule has 0 aliphatic carbocycles. The topological polar surface area (TPSA) is 69.6 Å². The third kappa shape index (κ3) is 1.21. The summed E-state index contributed by atoms with van der Waals surface area (Å²) in [6.45, 7) is 0. The van der Waals surface area contributed by atoms with Gasteiger partial charge < -0.3 is 5.73 Å². The van der Waals surface area contributed by atoms with Crippen LogP contribution in [-0.4, -0.2) is 19.7 Å². The first-order valence-electron chi connectivity index (χ1n) is 3.05. The quantitative estimate of drug-likeness (QED) is 0.816. The zero-order chi connectivity index (χ0) is 8.55. The van der Waals surface area contributed by atoms with E-state index in [1.54, 1.807) is 10.9 Å². The van der Waals surface area contributed by atoms with Gasteiger partial charge in [-0.25, -0.2) is 4.98 Å². The number of hydrogen-bond acceptors (Lipinski definition) is 5. The number of aromatic nitrogens is 4.